The Balaban J connectivity index is 2.54. The van der Waals surface area contributed by atoms with E-state index >= 15 is 0 Å². The standard InChI is InChI=1S/C11H13N3O2S/c1-6-10(15)14(11(16)13-2)8-5-7(12)3-4-9(8)17-6/h3-6H,12H2,1-2H3,(H,13,16). The quantitative estimate of drug-likeness (QED) is 0.684. The van der Waals surface area contributed by atoms with Gasteiger partial charge in [-0.2, -0.15) is 0 Å². The van der Waals surface area contributed by atoms with Gasteiger partial charge in [0.1, 0.15) is 0 Å². The summed E-state index contributed by atoms with van der Waals surface area (Å²) in [7, 11) is 1.49. The van der Waals surface area contributed by atoms with Gasteiger partial charge in [0.15, 0.2) is 0 Å². The Bertz CT molecular complexity index is 490. The Morgan fingerprint density at radius 1 is 1.53 bits per heavy atom. The van der Waals surface area contributed by atoms with Crippen LogP contribution in [0.15, 0.2) is 23.1 Å². The first-order valence-electron chi connectivity index (χ1n) is 5.16. The Morgan fingerprint density at radius 3 is 2.88 bits per heavy atom. The fourth-order valence-corrected chi connectivity index (χ4v) is 2.68. The molecular weight excluding hydrogens is 238 g/mol. The van der Waals surface area contributed by atoms with Crippen molar-refractivity contribution in [3.63, 3.8) is 0 Å². The largest absolute Gasteiger partial charge is 0.399 e. The minimum absolute atomic E-state index is 0.229. The minimum Gasteiger partial charge on any atom is -0.399 e. The monoisotopic (exact) mass is 251 g/mol. The van der Waals surface area contributed by atoms with Crippen LogP contribution in [0.4, 0.5) is 16.2 Å². The molecule has 0 radical (unpaired) electrons. The number of hydrogen-bond acceptors (Lipinski definition) is 4. The molecule has 0 aliphatic carbocycles. The van der Waals surface area contributed by atoms with Crippen molar-refractivity contribution in [1.29, 1.82) is 0 Å². The molecule has 0 aromatic heterocycles. The van der Waals surface area contributed by atoms with Crippen LogP contribution in [0.3, 0.4) is 0 Å². The van der Waals surface area contributed by atoms with E-state index in [2.05, 4.69) is 5.32 Å². The van der Waals surface area contributed by atoms with Crippen LogP contribution in [0, 0.1) is 0 Å². The second kappa shape index (κ2) is 4.29. The van der Waals surface area contributed by atoms with Gasteiger partial charge in [0.05, 0.1) is 10.9 Å². The zero-order chi connectivity index (χ0) is 12.6. The fourth-order valence-electron chi connectivity index (χ4n) is 1.67. The van der Waals surface area contributed by atoms with E-state index in [0.29, 0.717) is 11.4 Å². The molecule has 2 rings (SSSR count). The summed E-state index contributed by atoms with van der Waals surface area (Å²) >= 11 is 1.43. The molecule has 1 aliphatic heterocycles. The number of nitrogens with zero attached hydrogens (tertiary/aromatic N) is 1. The normalized spacial score (nSPS) is 18.8. The van der Waals surface area contributed by atoms with E-state index in [1.165, 1.54) is 18.8 Å². The van der Waals surface area contributed by atoms with Gasteiger partial charge in [0.2, 0.25) is 5.91 Å². The SMILES string of the molecule is CNC(=O)N1C(=O)C(C)Sc2ccc(N)cc21. The first-order valence-corrected chi connectivity index (χ1v) is 6.04. The van der Waals surface area contributed by atoms with Crippen molar-refractivity contribution in [3.05, 3.63) is 18.2 Å². The highest BCUT2D eigenvalue weighted by Gasteiger charge is 2.34. The number of benzene rings is 1. The molecule has 3 amide bonds. The fraction of sp³-hybridized carbons (Fsp3) is 0.273. The summed E-state index contributed by atoms with van der Waals surface area (Å²) < 4.78 is 0. The maximum atomic E-state index is 12.0. The number of fused-ring (bicyclic) bond motifs is 1. The van der Waals surface area contributed by atoms with Gasteiger partial charge in [-0.05, 0) is 25.1 Å². The maximum absolute atomic E-state index is 12.0. The van der Waals surface area contributed by atoms with Gasteiger partial charge in [-0.15, -0.1) is 11.8 Å². The third-order valence-corrected chi connectivity index (χ3v) is 3.67. The summed E-state index contributed by atoms with van der Waals surface area (Å²) in [5.74, 6) is -0.229. The predicted octanol–water partition coefficient (Wildman–Crippen LogP) is 1.44. The van der Waals surface area contributed by atoms with Crippen LogP contribution in [0.25, 0.3) is 0 Å². The lowest BCUT2D eigenvalue weighted by molar-refractivity contribution is -0.117. The number of amides is 3. The lowest BCUT2D eigenvalue weighted by atomic mass is 10.2. The van der Waals surface area contributed by atoms with E-state index in [4.69, 9.17) is 5.73 Å². The molecule has 0 fully saturated rings. The molecule has 1 unspecified atom stereocenters. The number of anilines is 2. The highest BCUT2D eigenvalue weighted by molar-refractivity contribution is 8.01. The number of imide groups is 1. The number of nitrogen functional groups attached to an aromatic ring is 1. The highest BCUT2D eigenvalue weighted by Crippen LogP contribution is 2.40. The molecule has 0 spiro atoms. The zero-order valence-corrected chi connectivity index (χ0v) is 10.4. The van der Waals surface area contributed by atoms with Crippen molar-refractivity contribution in [2.75, 3.05) is 17.7 Å². The van der Waals surface area contributed by atoms with Crippen molar-refractivity contribution in [1.82, 2.24) is 5.32 Å². The van der Waals surface area contributed by atoms with E-state index in [1.807, 2.05) is 6.07 Å². The van der Waals surface area contributed by atoms with Gasteiger partial charge >= 0.3 is 6.03 Å². The maximum Gasteiger partial charge on any atom is 0.328 e. The predicted molar refractivity (Wildman–Crippen MR) is 68.1 cm³/mol. The molecular formula is C11H13N3O2S. The smallest absolute Gasteiger partial charge is 0.328 e. The van der Waals surface area contributed by atoms with E-state index in [-0.39, 0.29) is 11.2 Å². The molecule has 17 heavy (non-hydrogen) atoms. The second-order valence-electron chi connectivity index (χ2n) is 3.72. The number of rotatable bonds is 0. The zero-order valence-electron chi connectivity index (χ0n) is 9.56. The lowest BCUT2D eigenvalue weighted by Crippen LogP contribution is -2.48. The van der Waals surface area contributed by atoms with Crippen LogP contribution >= 0.6 is 11.8 Å². The first kappa shape index (κ1) is 11.8. The molecule has 0 bridgehead atoms. The van der Waals surface area contributed by atoms with Gasteiger partial charge in [-0.25, -0.2) is 9.69 Å². The molecule has 5 nitrogen and oxygen atoms in total. The minimum atomic E-state index is -0.436. The molecule has 1 aromatic rings. The molecule has 1 aliphatic rings. The summed E-state index contributed by atoms with van der Waals surface area (Å²) in [6.07, 6.45) is 0. The average molecular weight is 251 g/mol. The summed E-state index contributed by atoms with van der Waals surface area (Å²) in [5, 5.41) is 2.19. The molecule has 0 saturated carbocycles. The van der Waals surface area contributed by atoms with Crippen molar-refractivity contribution in [2.45, 2.75) is 17.1 Å². The topological polar surface area (TPSA) is 75.4 Å². The van der Waals surface area contributed by atoms with Gasteiger partial charge in [0.25, 0.3) is 0 Å². The number of nitrogens with two attached hydrogens (primary N) is 1. The number of urea groups is 1. The van der Waals surface area contributed by atoms with Crippen LogP contribution in [0.1, 0.15) is 6.92 Å². The molecule has 1 heterocycles. The number of carbonyl (C=O) groups is 2. The molecule has 0 saturated heterocycles. The Kier molecular flexibility index (Phi) is 2.97. The van der Waals surface area contributed by atoms with Crippen LogP contribution in [-0.2, 0) is 4.79 Å². The highest BCUT2D eigenvalue weighted by atomic mass is 32.2. The van der Waals surface area contributed by atoms with Gasteiger partial charge in [-0.1, -0.05) is 0 Å². The molecule has 6 heteroatoms. The third-order valence-electron chi connectivity index (χ3n) is 2.51. The third kappa shape index (κ3) is 1.95. The number of carbonyl (C=O) groups excluding carboxylic acids is 2. The Morgan fingerprint density at radius 2 is 2.24 bits per heavy atom. The Labute approximate surface area is 103 Å². The van der Waals surface area contributed by atoms with E-state index in [0.717, 1.165) is 9.80 Å². The number of hydrogen-bond donors (Lipinski definition) is 2. The summed E-state index contributed by atoms with van der Waals surface area (Å²) in [4.78, 5) is 25.8. The van der Waals surface area contributed by atoms with Crippen molar-refractivity contribution in [2.24, 2.45) is 0 Å². The van der Waals surface area contributed by atoms with Gasteiger partial charge in [0, 0.05) is 17.6 Å². The Hall–Kier alpha value is -1.69. The molecule has 1 aromatic carbocycles. The van der Waals surface area contributed by atoms with Crippen LogP contribution in [-0.4, -0.2) is 24.2 Å². The van der Waals surface area contributed by atoms with Crippen molar-refractivity contribution < 1.29 is 9.59 Å². The van der Waals surface area contributed by atoms with Crippen LogP contribution in [0.2, 0.25) is 0 Å². The summed E-state index contributed by atoms with van der Waals surface area (Å²) in [6, 6.07) is 4.79. The van der Waals surface area contributed by atoms with Gasteiger partial charge < -0.3 is 11.1 Å². The van der Waals surface area contributed by atoms with Crippen molar-refractivity contribution >= 4 is 35.1 Å². The lowest BCUT2D eigenvalue weighted by Gasteiger charge is -2.30. The average Bonchev–Trinajstić information content (AvgIpc) is 2.31. The van der Waals surface area contributed by atoms with Crippen molar-refractivity contribution in [3.8, 4) is 0 Å². The molecule has 3 N–H and O–H groups in total. The summed E-state index contributed by atoms with van der Waals surface area (Å²) in [5.41, 5.74) is 6.77. The van der Waals surface area contributed by atoms with E-state index in [1.54, 1.807) is 19.1 Å². The van der Waals surface area contributed by atoms with Crippen LogP contribution < -0.4 is 16.0 Å². The van der Waals surface area contributed by atoms with Gasteiger partial charge in [-0.3, -0.25) is 4.79 Å². The van der Waals surface area contributed by atoms with E-state index in [9.17, 15) is 9.59 Å². The van der Waals surface area contributed by atoms with E-state index < -0.39 is 6.03 Å². The summed E-state index contributed by atoms with van der Waals surface area (Å²) in [6.45, 7) is 1.78. The second-order valence-corrected chi connectivity index (χ2v) is 5.10. The van der Waals surface area contributed by atoms with Crippen LogP contribution in [0.5, 0.6) is 0 Å². The number of thioether (sulfide) groups is 1. The first-order chi connectivity index (χ1) is 8.04. The molecule has 1 atom stereocenters. The molecule has 90 valence electrons. The number of nitrogens with one attached hydrogen (secondary N) is 1.